The van der Waals surface area contributed by atoms with Crippen LogP contribution in [-0.4, -0.2) is 57.2 Å². The van der Waals surface area contributed by atoms with Crippen LogP contribution in [0.2, 0.25) is 0 Å². The highest BCUT2D eigenvalue weighted by Gasteiger charge is 2.26. The van der Waals surface area contributed by atoms with Crippen LogP contribution in [0.25, 0.3) is 22.3 Å². The van der Waals surface area contributed by atoms with E-state index in [2.05, 4.69) is 25.6 Å². The van der Waals surface area contributed by atoms with E-state index in [-0.39, 0.29) is 29.7 Å². The molecule has 0 radical (unpaired) electrons. The molecule has 0 aliphatic heterocycles. The third kappa shape index (κ3) is 5.27. The van der Waals surface area contributed by atoms with E-state index in [0.29, 0.717) is 46.1 Å². The summed E-state index contributed by atoms with van der Waals surface area (Å²) in [6.45, 7) is 0.0160. The number of halogens is 1. The quantitative estimate of drug-likeness (QED) is 0.392. The number of aliphatic hydroxyl groups is 1. The Bertz CT molecular complexity index is 1230. The molecule has 3 aromatic rings. The number of carbonyl (C=O) groups excluding carboxylic acids is 2. The predicted molar refractivity (Wildman–Crippen MR) is 126 cm³/mol. The van der Waals surface area contributed by atoms with Gasteiger partial charge in [-0.3, -0.25) is 9.59 Å². The van der Waals surface area contributed by atoms with Gasteiger partial charge in [0.05, 0.1) is 17.7 Å². The zero-order valence-corrected chi connectivity index (χ0v) is 19.2. The lowest BCUT2D eigenvalue weighted by atomic mass is 9.91. The summed E-state index contributed by atoms with van der Waals surface area (Å²) in [5.41, 5.74) is 2.64. The van der Waals surface area contributed by atoms with Crippen molar-refractivity contribution < 1.29 is 23.8 Å². The van der Waals surface area contributed by atoms with Gasteiger partial charge in [-0.2, -0.15) is 0 Å². The number of amides is 2. The Morgan fingerprint density at radius 3 is 2.54 bits per heavy atom. The van der Waals surface area contributed by atoms with Crippen molar-refractivity contribution in [1.29, 1.82) is 0 Å². The number of carbonyl (C=O) groups is 2. The van der Waals surface area contributed by atoms with Gasteiger partial charge in [0.25, 0.3) is 5.91 Å². The van der Waals surface area contributed by atoms with E-state index in [1.54, 1.807) is 12.3 Å². The molecule has 9 nitrogen and oxygen atoms in total. The van der Waals surface area contributed by atoms with Gasteiger partial charge in [0, 0.05) is 29.9 Å². The van der Waals surface area contributed by atoms with Crippen molar-refractivity contribution in [3.8, 4) is 17.0 Å². The molecular weight excluding hydrogens is 453 g/mol. The maximum atomic E-state index is 13.9. The monoisotopic (exact) mass is 481 g/mol. The third-order valence-electron chi connectivity index (χ3n) is 6.65. The maximum absolute atomic E-state index is 13.9. The van der Waals surface area contributed by atoms with Gasteiger partial charge in [-0.15, -0.1) is 0 Å². The SMILES string of the molecule is O=C(CO)NC1CCC(NC(=O)c2c[nH]c3c(-c4ccc(F)cc4OCC4CC4)ncnc23)CC1. The molecule has 1 aromatic carbocycles. The van der Waals surface area contributed by atoms with E-state index in [9.17, 15) is 14.0 Å². The molecule has 35 heavy (non-hydrogen) atoms. The molecule has 2 aliphatic carbocycles. The fourth-order valence-electron chi connectivity index (χ4n) is 4.54. The first-order valence-electron chi connectivity index (χ1n) is 12.0. The number of fused-ring (bicyclic) bond motifs is 1. The first kappa shape index (κ1) is 23.2. The smallest absolute Gasteiger partial charge is 0.255 e. The molecule has 0 spiro atoms. The second-order valence-corrected chi connectivity index (χ2v) is 9.29. The van der Waals surface area contributed by atoms with Crippen LogP contribution in [-0.2, 0) is 4.79 Å². The summed E-state index contributed by atoms with van der Waals surface area (Å²) in [5, 5.41) is 14.7. The highest BCUT2D eigenvalue weighted by Crippen LogP contribution is 2.36. The molecule has 5 rings (SSSR count). The third-order valence-corrected chi connectivity index (χ3v) is 6.65. The first-order chi connectivity index (χ1) is 17.0. The van der Waals surface area contributed by atoms with Gasteiger partial charge in [0.15, 0.2) is 0 Å². The van der Waals surface area contributed by atoms with Crippen molar-refractivity contribution in [3.63, 3.8) is 0 Å². The minimum Gasteiger partial charge on any atom is -0.492 e. The van der Waals surface area contributed by atoms with Gasteiger partial charge in [-0.05, 0) is 56.6 Å². The van der Waals surface area contributed by atoms with Gasteiger partial charge in [0.2, 0.25) is 5.91 Å². The topological polar surface area (TPSA) is 129 Å². The van der Waals surface area contributed by atoms with Gasteiger partial charge < -0.3 is 25.5 Å². The molecule has 2 heterocycles. The van der Waals surface area contributed by atoms with Crippen LogP contribution < -0.4 is 15.4 Å². The lowest BCUT2D eigenvalue weighted by Gasteiger charge is -2.29. The summed E-state index contributed by atoms with van der Waals surface area (Å²) in [6, 6.07) is 4.35. The summed E-state index contributed by atoms with van der Waals surface area (Å²) < 4.78 is 19.9. The number of nitrogens with one attached hydrogen (secondary N) is 3. The largest absolute Gasteiger partial charge is 0.492 e. The minimum atomic E-state index is -0.521. The second-order valence-electron chi connectivity index (χ2n) is 9.29. The lowest BCUT2D eigenvalue weighted by Crippen LogP contribution is -2.44. The number of aliphatic hydroxyl groups excluding tert-OH is 1. The van der Waals surface area contributed by atoms with Crippen molar-refractivity contribution in [3.05, 3.63) is 42.1 Å². The van der Waals surface area contributed by atoms with Crippen molar-refractivity contribution >= 4 is 22.8 Å². The Hall–Kier alpha value is -3.53. The van der Waals surface area contributed by atoms with Crippen molar-refractivity contribution in [2.24, 2.45) is 5.92 Å². The van der Waals surface area contributed by atoms with E-state index in [0.717, 1.165) is 38.5 Å². The van der Waals surface area contributed by atoms with E-state index in [4.69, 9.17) is 9.84 Å². The summed E-state index contributed by atoms with van der Waals surface area (Å²) >= 11 is 0. The number of aromatic amines is 1. The van der Waals surface area contributed by atoms with E-state index >= 15 is 0 Å². The van der Waals surface area contributed by atoms with Crippen molar-refractivity contribution in [2.45, 2.75) is 50.6 Å². The number of hydrogen-bond donors (Lipinski definition) is 4. The van der Waals surface area contributed by atoms with Crippen LogP contribution in [0.1, 0.15) is 48.9 Å². The van der Waals surface area contributed by atoms with Crippen LogP contribution in [0.4, 0.5) is 4.39 Å². The van der Waals surface area contributed by atoms with Gasteiger partial charge >= 0.3 is 0 Å². The summed E-state index contributed by atoms with van der Waals surface area (Å²) in [6.07, 6.45) is 8.15. The van der Waals surface area contributed by atoms with Gasteiger partial charge in [0.1, 0.15) is 35.7 Å². The van der Waals surface area contributed by atoms with E-state index < -0.39 is 6.61 Å². The molecule has 2 saturated carbocycles. The molecule has 0 bridgehead atoms. The number of H-pyrrole nitrogens is 1. The Kier molecular flexibility index (Phi) is 6.63. The highest BCUT2D eigenvalue weighted by molar-refractivity contribution is 6.07. The van der Waals surface area contributed by atoms with Crippen LogP contribution in [0, 0.1) is 11.7 Å². The van der Waals surface area contributed by atoms with Crippen LogP contribution in [0.3, 0.4) is 0 Å². The molecule has 2 amide bonds. The molecule has 2 fully saturated rings. The Morgan fingerprint density at radius 1 is 1.09 bits per heavy atom. The maximum Gasteiger partial charge on any atom is 0.255 e. The fourth-order valence-corrected chi connectivity index (χ4v) is 4.54. The number of rotatable bonds is 8. The molecule has 2 aromatic heterocycles. The second kappa shape index (κ2) is 9.99. The summed E-state index contributed by atoms with van der Waals surface area (Å²) in [5.74, 6) is -0.0787. The lowest BCUT2D eigenvalue weighted by molar-refractivity contribution is -0.124. The molecule has 0 saturated heterocycles. The van der Waals surface area contributed by atoms with Crippen LogP contribution >= 0.6 is 0 Å². The first-order valence-corrected chi connectivity index (χ1v) is 12.0. The summed E-state index contributed by atoms with van der Waals surface area (Å²) in [7, 11) is 0. The van der Waals surface area contributed by atoms with Crippen LogP contribution in [0.5, 0.6) is 5.75 Å². The molecule has 0 unspecified atom stereocenters. The Morgan fingerprint density at radius 2 is 1.83 bits per heavy atom. The van der Waals surface area contributed by atoms with Crippen LogP contribution in [0.15, 0.2) is 30.7 Å². The van der Waals surface area contributed by atoms with Crippen molar-refractivity contribution in [1.82, 2.24) is 25.6 Å². The minimum absolute atomic E-state index is 0.0122. The van der Waals surface area contributed by atoms with E-state index in [1.165, 1.54) is 18.5 Å². The number of hydrogen-bond acceptors (Lipinski definition) is 6. The zero-order valence-electron chi connectivity index (χ0n) is 19.2. The molecule has 2 aliphatic rings. The number of benzene rings is 1. The molecule has 0 atom stereocenters. The Balaban J connectivity index is 1.32. The summed E-state index contributed by atoms with van der Waals surface area (Å²) in [4.78, 5) is 36.3. The standard InChI is InChI=1S/C25H28FN5O4/c26-15-3-8-18(20(9-15)35-12-14-1-2-14)22-24-23(29-13-28-22)19(10-27-24)25(34)31-17-6-4-16(5-7-17)30-21(33)11-32/h3,8-10,13-14,16-17,27,32H,1-2,4-7,11-12H2,(H,30,33)(H,31,34). The highest BCUT2D eigenvalue weighted by atomic mass is 19.1. The van der Waals surface area contributed by atoms with Crippen molar-refractivity contribution in [2.75, 3.05) is 13.2 Å². The molecular formula is C25H28FN5O4. The fraction of sp³-hybridized carbons (Fsp3) is 0.440. The van der Waals surface area contributed by atoms with Gasteiger partial charge in [-0.1, -0.05) is 0 Å². The van der Waals surface area contributed by atoms with Gasteiger partial charge in [-0.25, -0.2) is 14.4 Å². The molecule has 184 valence electrons. The average molecular weight is 482 g/mol. The molecule has 10 heteroatoms. The Labute approximate surface area is 201 Å². The number of aromatic nitrogens is 3. The molecule has 4 N–H and O–H groups in total. The van der Waals surface area contributed by atoms with E-state index in [1.807, 2.05) is 0 Å². The normalized spacial score (nSPS) is 19.9. The average Bonchev–Trinajstić information content (AvgIpc) is 3.59. The predicted octanol–water partition coefficient (Wildman–Crippen LogP) is 2.70. The number of ether oxygens (including phenoxy) is 1. The number of nitrogens with zero attached hydrogens (tertiary/aromatic N) is 2. The zero-order chi connectivity index (χ0) is 24.4.